The second kappa shape index (κ2) is 15.8. The van der Waals surface area contributed by atoms with Gasteiger partial charge in [0.2, 0.25) is 5.91 Å². The Morgan fingerprint density at radius 1 is 0.878 bits per heavy atom. The fourth-order valence-electron chi connectivity index (χ4n) is 4.07. The molecule has 9 nitrogen and oxygen atoms in total. The minimum atomic E-state index is -0.811. The number of rotatable bonds is 14. The fourth-order valence-corrected chi connectivity index (χ4v) is 4.92. The van der Waals surface area contributed by atoms with Crippen LogP contribution in [0.2, 0.25) is 0 Å². The highest BCUT2D eigenvalue weighted by molar-refractivity contribution is 7.09. The Balaban J connectivity index is 1.63. The highest BCUT2D eigenvalue weighted by atomic mass is 32.1. The van der Waals surface area contributed by atoms with E-state index in [-0.39, 0.29) is 36.7 Å². The van der Waals surface area contributed by atoms with Gasteiger partial charge in [-0.2, -0.15) is 0 Å². The molecule has 2 amide bonds. The molecule has 0 aliphatic heterocycles. The zero-order valence-electron chi connectivity index (χ0n) is 24.2. The third-order valence-corrected chi connectivity index (χ3v) is 6.85. The van der Waals surface area contributed by atoms with Crippen LogP contribution in [0, 0.1) is 11.8 Å². The normalized spacial score (nSPS) is 12.5. The van der Waals surface area contributed by atoms with Crippen LogP contribution < -0.4 is 15.4 Å². The Kier molecular flexibility index (Phi) is 12.1. The first kappa shape index (κ1) is 31.6. The molecule has 0 saturated heterocycles. The molecule has 10 heteroatoms. The zero-order valence-corrected chi connectivity index (χ0v) is 25.0. The van der Waals surface area contributed by atoms with Crippen LogP contribution in [0.25, 0.3) is 0 Å². The second-order valence-corrected chi connectivity index (χ2v) is 11.3. The first-order chi connectivity index (χ1) is 19.6. The summed E-state index contributed by atoms with van der Waals surface area (Å²) in [4.78, 5) is 42.7. The van der Waals surface area contributed by atoms with Gasteiger partial charge in [-0.1, -0.05) is 58.0 Å². The van der Waals surface area contributed by atoms with Crippen molar-refractivity contribution in [2.45, 2.75) is 66.2 Å². The molecule has 0 bridgehead atoms. The third kappa shape index (κ3) is 10.5. The lowest BCUT2D eigenvalue weighted by Crippen LogP contribution is -2.48. The Hall–Kier alpha value is -3.92. The maximum atomic E-state index is 13.4. The van der Waals surface area contributed by atoms with E-state index < -0.39 is 24.1 Å². The molecule has 3 aromatic rings. The molecular formula is C31H39N3O6S. The molecule has 0 saturated carbocycles. The summed E-state index contributed by atoms with van der Waals surface area (Å²) in [6, 6.07) is 15.4. The molecular weight excluding hydrogens is 542 g/mol. The number of hydrogen-bond acceptors (Lipinski definition) is 8. The molecule has 1 aromatic heterocycles. The van der Waals surface area contributed by atoms with Gasteiger partial charge in [-0.3, -0.25) is 4.79 Å². The van der Waals surface area contributed by atoms with Crippen LogP contribution in [0.1, 0.15) is 74.6 Å². The van der Waals surface area contributed by atoms with Gasteiger partial charge in [0, 0.05) is 5.38 Å². The lowest BCUT2D eigenvalue weighted by atomic mass is 10.0. The van der Waals surface area contributed by atoms with Crippen molar-refractivity contribution < 1.29 is 28.6 Å². The number of nitrogens with one attached hydrogen (secondary N) is 2. The van der Waals surface area contributed by atoms with Crippen molar-refractivity contribution in [3.63, 3.8) is 0 Å². The van der Waals surface area contributed by atoms with Crippen LogP contribution in [-0.2, 0) is 20.9 Å². The van der Waals surface area contributed by atoms with E-state index in [1.54, 1.807) is 18.4 Å². The van der Waals surface area contributed by atoms with Gasteiger partial charge >= 0.3 is 12.1 Å². The molecule has 0 fully saturated rings. The standard InChI is InChI=1S/C31H39N3O6S/c1-6-38-30(36)27-19-41-29(33-27)26(16-21(4)5)32-28(35)25(15-20(2)3)34-31(37)39-18-22-11-10-14-24(17-22)40-23-12-8-7-9-13-23/h7-14,17,19-21,25-26H,6,15-16,18H2,1-5H3,(H,32,35)(H,34,37)/t25-,26-/m0/s1. The number of ether oxygens (including phenoxy) is 3. The number of hydrogen-bond donors (Lipinski definition) is 2. The van der Waals surface area contributed by atoms with Crippen molar-refractivity contribution in [1.82, 2.24) is 15.6 Å². The smallest absolute Gasteiger partial charge is 0.408 e. The summed E-state index contributed by atoms with van der Waals surface area (Å²) in [6.07, 6.45) is 0.336. The highest BCUT2D eigenvalue weighted by Crippen LogP contribution is 2.26. The van der Waals surface area contributed by atoms with Gasteiger partial charge in [-0.25, -0.2) is 14.6 Å². The summed E-state index contributed by atoms with van der Waals surface area (Å²) in [7, 11) is 0. The van der Waals surface area contributed by atoms with E-state index in [1.807, 2.05) is 76.2 Å². The third-order valence-electron chi connectivity index (χ3n) is 5.89. The minimum absolute atomic E-state index is 0.0135. The average Bonchev–Trinajstić information content (AvgIpc) is 3.42. The number of alkyl carbamates (subject to hydrolysis) is 1. The number of carbonyl (C=O) groups excluding carboxylic acids is 3. The summed E-state index contributed by atoms with van der Waals surface area (Å²) in [5.41, 5.74) is 0.963. The topological polar surface area (TPSA) is 116 Å². The quantitative estimate of drug-likeness (QED) is 0.205. The highest BCUT2D eigenvalue weighted by Gasteiger charge is 2.28. The SMILES string of the molecule is CCOC(=O)c1csc([C@H](CC(C)C)NC(=O)[C@H](CC(C)C)NC(=O)OCc2cccc(Oc3ccccc3)c2)n1. The predicted molar refractivity (Wildman–Crippen MR) is 158 cm³/mol. The molecule has 41 heavy (non-hydrogen) atoms. The molecule has 2 atom stereocenters. The molecule has 0 spiro atoms. The Morgan fingerprint density at radius 2 is 1.59 bits per heavy atom. The maximum Gasteiger partial charge on any atom is 0.408 e. The second-order valence-electron chi connectivity index (χ2n) is 10.4. The van der Waals surface area contributed by atoms with Gasteiger partial charge in [0.1, 0.15) is 29.2 Å². The maximum absolute atomic E-state index is 13.4. The van der Waals surface area contributed by atoms with E-state index in [4.69, 9.17) is 14.2 Å². The number of esters is 1. The molecule has 0 aliphatic rings. The molecule has 0 radical (unpaired) electrons. The summed E-state index contributed by atoms with van der Waals surface area (Å²) >= 11 is 1.29. The molecule has 1 heterocycles. The number of carbonyl (C=O) groups is 3. The zero-order chi connectivity index (χ0) is 29.8. The van der Waals surface area contributed by atoms with E-state index in [1.165, 1.54) is 11.3 Å². The predicted octanol–water partition coefficient (Wildman–Crippen LogP) is 6.66. The van der Waals surface area contributed by atoms with Gasteiger partial charge in [-0.15, -0.1) is 11.3 Å². The first-order valence-corrected chi connectivity index (χ1v) is 14.7. The van der Waals surface area contributed by atoms with Crippen molar-refractivity contribution in [3.8, 4) is 11.5 Å². The van der Waals surface area contributed by atoms with E-state index in [0.717, 1.165) is 5.56 Å². The van der Waals surface area contributed by atoms with Crippen LogP contribution in [0.15, 0.2) is 60.0 Å². The number of benzene rings is 2. The van der Waals surface area contributed by atoms with Gasteiger partial charge in [0.05, 0.1) is 12.6 Å². The lowest BCUT2D eigenvalue weighted by molar-refractivity contribution is -0.124. The van der Waals surface area contributed by atoms with Gasteiger partial charge in [0.15, 0.2) is 5.69 Å². The van der Waals surface area contributed by atoms with Gasteiger partial charge < -0.3 is 24.8 Å². The van der Waals surface area contributed by atoms with Crippen molar-refractivity contribution in [2.75, 3.05) is 6.61 Å². The van der Waals surface area contributed by atoms with Gasteiger partial charge in [0.25, 0.3) is 0 Å². The van der Waals surface area contributed by atoms with Crippen LogP contribution >= 0.6 is 11.3 Å². The van der Waals surface area contributed by atoms with Crippen LogP contribution in [-0.4, -0.2) is 35.6 Å². The van der Waals surface area contributed by atoms with E-state index in [2.05, 4.69) is 15.6 Å². The van der Waals surface area contributed by atoms with E-state index >= 15 is 0 Å². The number of amides is 2. The largest absolute Gasteiger partial charge is 0.461 e. The average molecular weight is 582 g/mol. The van der Waals surface area contributed by atoms with Crippen LogP contribution in [0.5, 0.6) is 11.5 Å². The van der Waals surface area contributed by atoms with Crippen molar-refractivity contribution >= 4 is 29.3 Å². The van der Waals surface area contributed by atoms with E-state index in [0.29, 0.717) is 29.3 Å². The molecule has 3 rings (SSSR count). The van der Waals surface area contributed by atoms with Gasteiger partial charge in [-0.05, 0) is 61.4 Å². The number of aromatic nitrogens is 1. The lowest BCUT2D eigenvalue weighted by Gasteiger charge is -2.24. The summed E-state index contributed by atoms with van der Waals surface area (Å²) in [5, 5.41) is 8.00. The Labute approximate surface area is 245 Å². The number of nitrogens with zero attached hydrogens (tertiary/aromatic N) is 1. The molecule has 0 unspecified atom stereocenters. The Bertz CT molecular complexity index is 1280. The number of para-hydroxylation sites is 1. The van der Waals surface area contributed by atoms with Crippen molar-refractivity contribution in [1.29, 1.82) is 0 Å². The van der Waals surface area contributed by atoms with E-state index in [9.17, 15) is 14.4 Å². The number of thiazole rings is 1. The molecule has 2 N–H and O–H groups in total. The summed E-state index contributed by atoms with van der Waals surface area (Å²) < 4.78 is 16.4. The molecule has 0 aliphatic carbocycles. The van der Waals surface area contributed by atoms with Crippen molar-refractivity contribution in [2.24, 2.45) is 11.8 Å². The molecule has 220 valence electrons. The van der Waals surface area contributed by atoms with Crippen molar-refractivity contribution in [3.05, 3.63) is 76.2 Å². The summed E-state index contributed by atoms with van der Waals surface area (Å²) in [5.74, 6) is 0.877. The minimum Gasteiger partial charge on any atom is -0.461 e. The Morgan fingerprint density at radius 3 is 2.27 bits per heavy atom. The monoisotopic (exact) mass is 581 g/mol. The summed E-state index contributed by atoms with van der Waals surface area (Å²) in [6.45, 7) is 10.0. The molecule has 2 aromatic carbocycles. The van der Waals surface area contributed by atoms with Crippen LogP contribution in [0.3, 0.4) is 0 Å². The first-order valence-electron chi connectivity index (χ1n) is 13.8. The van der Waals surface area contributed by atoms with Crippen LogP contribution in [0.4, 0.5) is 4.79 Å². The fraction of sp³-hybridized carbons (Fsp3) is 0.419.